The molecule has 0 atom stereocenters. The lowest BCUT2D eigenvalue weighted by atomic mass is 10.4. The van der Waals surface area contributed by atoms with Crippen LogP contribution in [0.5, 0.6) is 0 Å². The molecule has 0 fully saturated rings. The Kier molecular flexibility index (Phi) is 2.57. The molecule has 0 saturated heterocycles. The standard InChI is InChI=1S/C7H10N4O/c1-3-7(12)11(2)4-6-8-5-9-10-6/h3,5H,1,4H2,2H3,(H,8,9,10). The van der Waals surface area contributed by atoms with Crippen LogP contribution >= 0.6 is 0 Å². The van der Waals surface area contributed by atoms with Crippen LogP contribution in [0, 0.1) is 0 Å². The van der Waals surface area contributed by atoms with Crippen molar-refractivity contribution >= 4 is 5.91 Å². The fourth-order valence-corrected chi connectivity index (χ4v) is 0.765. The molecule has 0 radical (unpaired) electrons. The first-order chi connectivity index (χ1) is 5.74. The minimum absolute atomic E-state index is 0.133. The van der Waals surface area contributed by atoms with E-state index in [4.69, 9.17) is 0 Å². The first-order valence-electron chi connectivity index (χ1n) is 3.46. The third-order valence-electron chi connectivity index (χ3n) is 1.40. The summed E-state index contributed by atoms with van der Waals surface area (Å²) < 4.78 is 0. The van der Waals surface area contributed by atoms with Crippen LogP contribution in [-0.4, -0.2) is 33.0 Å². The summed E-state index contributed by atoms with van der Waals surface area (Å²) in [5.41, 5.74) is 0. The molecule has 1 N–H and O–H groups in total. The highest BCUT2D eigenvalue weighted by atomic mass is 16.2. The number of aromatic amines is 1. The number of nitrogens with zero attached hydrogens (tertiary/aromatic N) is 3. The highest BCUT2D eigenvalue weighted by Crippen LogP contribution is 1.94. The summed E-state index contributed by atoms with van der Waals surface area (Å²) in [6, 6.07) is 0. The molecule has 5 nitrogen and oxygen atoms in total. The predicted molar refractivity (Wildman–Crippen MR) is 43.1 cm³/mol. The van der Waals surface area contributed by atoms with E-state index in [0.29, 0.717) is 12.4 Å². The topological polar surface area (TPSA) is 61.9 Å². The van der Waals surface area contributed by atoms with Crippen molar-refractivity contribution in [1.82, 2.24) is 20.1 Å². The normalized spacial score (nSPS) is 9.42. The highest BCUT2D eigenvalue weighted by molar-refractivity contribution is 5.86. The van der Waals surface area contributed by atoms with Gasteiger partial charge in [-0.25, -0.2) is 4.98 Å². The SMILES string of the molecule is C=CC(=O)N(C)Cc1ncn[nH]1. The van der Waals surface area contributed by atoms with Gasteiger partial charge in [-0.1, -0.05) is 6.58 Å². The lowest BCUT2D eigenvalue weighted by Gasteiger charge is -2.11. The number of rotatable bonds is 3. The largest absolute Gasteiger partial charge is 0.335 e. The van der Waals surface area contributed by atoms with Crippen molar-refractivity contribution in [2.75, 3.05) is 7.05 Å². The number of hydrogen-bond donors (Lipinski definition) is 1. The number of aromatic nitrogens is 3. The van der Waals surface area contributed by atoms with Gasteiger partial charge in [-0.2, -0.15) is 5.10 Å². The van der Waals surface area contributed by atoms with Gasteiger partial charge in [0.1, 0.15) is 12.2 Å². The van der Waals surface area contributed by atoms with Gasteiger partial charge in [0.05, 0.1) is 6.54 Å². The quantitative estimate of drug-likeness (QED) is 0.640. The summed E-state index contributed by atoms with van der Waals surface area (Å²) in [6.45, 7) is 3.79. The maximum Gasteiger partial charge on any atom is 0.246 e. The molecule has 0 aliphatic rings. The van der Waals surface area contributed by atoms with E-state index < -0.39 is 0 Å². The average molecular weight is 166 g/mol. The van der Waals surface area contributed by atoms with Crippen LogP contribution in [0.2, 0.25) is 0 Å². The molecule has 5 heteroatoms. The third kappa shape index (κ3) is 1.91. The molecule has 0 aliphatic heterocycles. The zero-order chi connectivity index (χ0) is 8.97. The summed E-state index contributed by atoms with van der Waals surface area (Å²) in [7, 11) is 1.67. The Bertz CT molecular complexity index is 267. The summed E-state index contributed by atoms with van der Waals surface area (Å²) in [4.78, 5) is 16.4. The molecule has 0 bridgehead atoms. The first-order valence-corrected chi connectivity index (χ1v) is 3.46. The van der Waals surface area contributed by atoms with Gasteiger partial charge in [0, 0.05) is 7.05 Å². The lowest BCUT2D eigenvalue weighted by molar-refractivity contribution is -0.125. The van der Waals surface area contributed by atoms with Crippen molar-refractivity contribution in [2.24, 2.45) is 0 Å². The van der Waals surface area contributed by atoms with Gasteiger partial charge in [0.15, 0.2) is 0 Å². The summed E-state index contributed by atoms with van der Waals surface area (Å²) in [5, 5.41) is 6.32. The van der Waals surface area contributed by atoms with Crippen LogP contribution in [0.4, 0.5) is 0 Å². The molecule has 1 heterocycles. The molecule has 1 amide bonds. The van der Waals surface area contributed by atoms with E-state index in [-0.39, 0.29) is 5.91 Å². The Morgan fingerprint density at radius 2 is 2.67 bits per heavy atom. The van der Waals surface area contributed by atoms with E-state index in [0.717, 1.165) is 0 Å². The van der Waals surface area contributed by atoms with Crippen LogP contribution in [0.15, 0.2) is 19.0 Å². The van der Waals surface area contributed by atoms with Crippen LogP contribution in [0.25, 0.3) is 0 Å². The minimum Gasteiger partial charge on any atom is -0.335 e. The Balaban J connectivity index is 2.52. The van der Waals surface area contributed by atoms with Gasteiger partial charge in [0.25, 0.3) is 0 Å². The zero-order valence-corrected chi connectivity index (χ0v) is 6.82. The number of H-pyrrole nitrogens is 1. The molecule has 0 aliphatic carbocycles. The van der Waals surface area contributed by atoms with Gasteiger partial charge in [-0.05, 0) is 6.08 Å². The number of carbonyl (C=O) groups is 1. The molecular formula is C7H10N4O. The second kappa shape index (κ2) is 3.66. The average Bonchev–Trinajstić information content (AvgIpc) is 2.55. The fraction of sp³-hybridized carbons (Fsp3) is 0.286. The number of likely N-dealkylation sites (N-methyl/N-ethyl adjacent to an activating group) is 1. The molecule has 1 aromatic rings. The molecule has 0 saturated carbocycles. The van der Waals surface area contributed by atoms with Crippen molar-refractivity contribution in [2.45, 2.75) is 6.54 Å². The highest BCUT2D eigenvalue weighted by Gasteiger charge is 2.05. The van der Waals surface area contributed by atoms with Gasteiger partial charge < -0.3 is 4.90 Å². The number of carbonyl (C=O) groups excluding carboxylic acids is 1. The van der Waals surface area contributed by atoms with E-state index in [1.807, 2.05) is 0 Å². The van der Waals surface area contributed by atoms with Gasteiger partial charge in [0.2, 0.25) is 5.91 Å². The van der Waals surface area contributed by atoms with Crippen molar-refractivity contribution in [3.05, 3.63) is 24.8 Å². The zero-order valence-electron chi connectivity index (χ0n) is 6.82. The molecule has 12 heavy (non-hydrogen) atoms. The van der Waals surface area contributed by atoms with Crippen LogP contribution < -0.4 is 0 Å². The van der Waals surface area contributed by atoms with E-state index >= 15 is 0 Å². The summed E-state index contributed by atoms with van der Waals surface area (Å²) in [5.74, 6) is 0.527. The van der Waals surface area contributed by atoms with Crippen molar-refractivity contribution in [3.8, 4) is 0 Å². The maximum atomic E-state index is 11.0. The maximum absolute atomic E-state index is 11.0. The van der Waals surface area contributed by atoms with Crippen LogP contribution in [0.1, 0.15) is 5.82 Å². The van der Waals surface area contributed by atoms with Crippen molar-refractivity contribution in [1.29, 1.82) is 0 Å². The monoisotopic (exact) mass is 166 g/mol. The third-order valence-corrected chi connectivity index (χ3v) is 1.40. The summed E-state index contributed by atoms with van der Waals surface area (Å²) in [6.07, 6.45) is 2.66. The van der Waals surface area contributed by atoms with Crippen LogP contribution in [0.3, 0.4) is 0 Å². The second-order valence-electron chi connectivity index (χ2n) is 2.33. The minimum atomic E-state index is -0.133. The molecule has 0 aromatic carbocycles. The van der Waals surface area contributed by atoms with E-state index in [1.54, 1.807) is 7.05 Å². The number of amides is 1. The molecule has 1 rings (SSSR count). The van der Waals surface area contributed by atoms with Gasteiger partial charge >= 0.3 is 0 Å². The smallest absolute Gasteiger partial charge is 0.246 e. The number of nitrogens with one attached hydrogen (secondary N) is 1. The Morgan fingerprint density at radius 1 is 1.92 bits per heavy atom. The molecule has 0 spiro atoms. The Labute approximate surface area is 70.1 Å². The Hall–Kier alpha value is -1.65. The lowest BCUT2D eigenvalue weighted by Crippen LogP contribution is -2.24. The van der Waals surface area contributed by atoms with Gasteiger partial charge in [-0.15, -0.1) is 0 Å². The summed E-state index contributed by atoms with van der Waals surface area (Å²) >= 11 is 0. The second-order valence-corrected chi connectivity index (χ2v) is 2.33. The van der Waals surface area contributed by atoms with Crippen molar-refractivity contribution < 1.29 is 4.79 Å². The molecule has 0 unspecified atom stereocenters. The van der Waals surface area contributed by atoms with E-state index in [9.17, 15) is 4.79 Å². The fourth-order valence-electron chi connectivity index (χ4n) is 0.765. The van der Waals surface area contributed by atoms with E-state index in [2.05, 4.69) is 21.8 Å². The molecule has 64 valence electrons. The predicted octanol–water partition coefficient (Wildman–Crippen LogP) is -0.0509. The molecule has 1 aromatic heterocycles. The Morgan fingerprint density at radius 3 is 3.17 bits per heavy atom. The first kappa shape index (κ1) is 8.45. The van der Waals surface area contributed by atoms with Crippen molar-refractivity contribution in [3.63, 3.8) is 0 Å². The van der Waals surface area contributed by atoms with E-state index in [1.165, 1.54) is 17.3 Å². The number of hydrogen-bond acceptors (Lipinski definition) is 3. The van der Waals surface area contributed by atoms with Gasteiger partial charge in [-0.3, -0.25) is 9.89 Å². The van der Waals surface area contributed by atoms with Crippen LogP contribution in [-0.2, 0) is 11.3 Å². The molecular weight excluding hydrogens is 156 g/mol.